The number of nitrogens with one attached hydrogen (secondary N) is 2. The Morgan fingerprint density at radius 1 is 1.03 bits per heavy atom. The summed E-state index contributed by atoms with van der Waals surface area (Å²) in [5, 5.41) is 30.1. The van der Waals surface area contributed by atoms with E-state index in [4.69, 9.17) is 0 Å². The average molecular weight is 440 g/mol. The molecule has 0 radical (unpaired) electrons. The summed E-state index contributed by atoms with van der Waals surface area (Å²) in [5.74, 6) is 0.890. The molecule has 9 heteroatoms. The molecule has 2 aromatic carbocycles. The molecule has 5 rings (SSSR count). The minimum absolute atomic E-state index is 0.123. The summed E-state index contributed by atoms with van der Waals surface area (Å²) in [4.78, 5) is 22.0. The molecule has 0 fully saturated rings. The van der Waals surface area contributed by atoms with Gasteiger partial charge in [0.2, 0.25) is 5.95 Å². The van der Waals surface area contributed by atoms with Crippen molar-refractivity contribution in [2.45, 2.75) is 13.0 Å². The van der Waals surface area contributed by atoms with Crippen LogP contribution in [0.1, 0.15) is 18.5 Å². The van der Waals surface area contributed by atoms with Crippen LogP contribution in [0.5, 0.6) is 11.5 Å². The van der Waals surface area contributed by atoms with Crippen molar-refractivity contribution < 1.29 is 15.0 Å². The van der Waals surface area contributed by atoms with Gasteiger partial charge in [-0.1, -0.05) is 12.1 Å². The molecule has 4 aromatic rings. The molecule has 164 valence electrons. The Kier molecular flexibility index (Phi) is 4.98. The Bertz CT molecular complexity index is 1350. The maximum Gasteiger partial charge on any atom is 0.255 e. The number of fused-ring (bicyclic) bond motifs is 1. The van der Waals surface area contributed by atoms with Crippen molar-refractivity contribution in [1.82, 2.24) is 19.7 Å². The van der Waals surface area contributed by atoms with Gasteiger partial charge in [-0.3, -0.25) is 9.78 Å². The molecule has 0 spiro atoms. The van der Waals surface area contributed by atoms with Gasteiger partial charge in [-0.05, 0) is 61.0 Å². The number of benzene rings is 2. The third-order valence-electron chi connectivity index (χ3n) is 5.35. The zero-order chi connectivity index (χ0) is 22.9. The first-order chi connectivity index (χ1) is 16.0. The summed E-state index contributed by atoms with van der Waals surface area (Å²) in [6.07, 6.45) is 3.21. The van der Waals surface area contributed by atoms with Crippen molar-refractivity contribution in [1.29, 1.82) is 0 Å². The number of hydrogen-bond acceptors (Lipinski definition) is 7. The normalized spacial score (nSPS) is 15.0. The van der Waals surface area contributed by atoms with E-state index >= 15 is 0 Å². The predicted molar refractivity (Wildman–Crippen MR) is 123 cm³/mol. The molecule has 2 aromatic heterocycles. The second-order valence-corrected chi connectivity index (χ2v) is 7.60. The second kappa shape index (κ2) is 8.12. The van der Waals surface area contributed by atoms with Gasteiger partial charge in [-0.2, -0.15) is 4.98 Å². The summed E-state index contributed by atoms with van der Waals surface area (Å²) in [6, 6.07) is 16.1. The summed E-state index contributed by atoms with van der Waals surface area (Å²) >= 11 is 0. The number of allylic oxidation sites excluding steroid dienone is 1. The highest BCUT2D eigenvalue weighted by atomic mass is 16.3. The van der Waals surface area contributed by atoms with Crippen molar-refractivity contribution in [3.63, 3.8) is 0 Å². The lowest BCUT2D eigenvalue weighted by molar-refractivity contribution is -0.113. The van der Waals surface area contributed by atoms with Gasteiger partial charge >= 0.3 is 0 Å². The number of aromatic hydroxyl groups is 2. The van der Waals surface area contributed by atoms with E-state index < -0.39 is 6.04 Å². The van der Waals surface area contributed by atoms with Gasteiger partial charge in [0.25, 0.3) is 5.91 Å². The lowest BCUT2D eigenvalue weighted by atomic mass is 9.95. The summed E-state index contributed by atoms with van der Waals surface area (Å²) < 4.78 is 1.65. The fourth-order valence-corrected chi connectivity index (χ4v) is 3.78. The fraction of sp³-hybridized carbons (Fsp3) is 0.0833. The Morgan fingerprint density at radius 2 is 1.73 bits per heavy atom. The maximum absolute atomic E-state index is 13.4. The Hall–Kier alpha value is -4.66. The zero-order valence-electron chi connectivity index (χ0n) is 17.6. The van der Waals surface area contributed by atoms with E-state index in [1.807, 2.05) is 6.92 Å². The molecule has 1 aliphatic rings. The maximum atomic E-state index is 13.4. The van der Waals surface area contributed by atoms with Crippen molar-refractivity contribution in [2.75, 3.05) is 10.6 Å². The van der Waals surface area contributed by atoms with Crippen LogP contribution in [-0.4, -0.2) is 35.9 Å². The van der Waals surface area contributed by atoms with E-state index in [9.17, 15) is 15.0 Å². The molecule has 0 aliphatic carbocycles. The van der Waals surface area contributed by atoms with Gasteiger partial charge in [0.1, 0.15) is 17.5 Å². The minimum atomic E-state index is -0.586. The van der Waals surface area contributed by atoms with Crippen molar-refractivity contribution >= 4 is 17.5 Å². The molecule has 0 saturated carbocycles. The molecule has 1 unspecified atom stereocenters. The van der Waals surface area contributed by atoms with Crippen molar-refractivity contribution in [3.05, 3.63) is 89.9 Å². The summed E-state index contributed by atoms with van der Waals surface area (Å²) in [7, 11) is 0. The van der Waals surface area contributed by atoms with Crippen LogP contribution >= 0.6 is 0 Å². The number of aromatic nitrogens is 4. The van der Waals surface area contributed by atoms with E-state index in [0.29, 0.717) is 28.7 Å². The van der Waals surface area contributed by atoms with Crippen LogP contribution in [0.3, 0.4) is 0 Å². The van der Waals surface area contributed by atoms with E-state index in [0.717, 1.165) is 11.1 Å². The molecule has 3 heterocycles. The number of nitrogens with zero attached hydrogens (tertiary/aromatic N) is 4. The van der Waals surface area contributed by atoms with Crippen LogP contribution in [0.4, 0.5) is 11.6 Å². The highest BCUT2D eigenvalue weighted by molar-refractivity contribution is 6.05. The summed E-state index contributed by atoms with van der Waals surface area (Å²) in [6.45, 7) is 1.81. The largest absolute Gasteiger partial charge is 0.508 e. The van der Waals surface area contributed by atoms with Crippen LogP contribution < -0.4 is 10.6 Å². The molecule has 9 nitrogen and oxygen atoms in total. The predicted octanol–water partition coefficient (Wildman–Crippen LogP) is 3.68. The third-order valence-corrected chi connectivity index (χ3v) is 5.35. The average Bonchev–Trinajstić information content (AvgIpc) is 3.23. The quantitative estimate of drug-likeness (QED) is 0.381. The van der Waals surface area contributed by atoms with E-state index in [-0.39, 0.29) is 17.4 Å². The van der Waals surface area contributed by atoms with Crippen molar-refractivity contribution in [2.24, 2.45) is 0 Å². The lowest BCUT2D eigenvalue weighted by Gasteiger charge is -2.28. The number of anilines is 2. The number of phenolic OH excluding ortho intramolecular Hbond substituents is 2. The van der Waals surface area contributed by atoms with Gasteiger partial charge < -0.3 is 20.8 Å². The number of carbonyl (C=O) groups is 1. The second-order valence-electron chi connectivity index (χ2n) is 7.60. The molecular weight excluding hydrogens is 420 g/mol. The number of rotatable bonds is 4. The highest BCUT2D eigenvalue weighted by Crippen LogP contribution is 2.37. The SMILES string of the molecule is CC1=C(C(=O)Nc2cccnc2)C(c2ccc(O)cc2)n2nc(-c3ccc(O)cc3)nc2N1. The van der Waals surface area contributed by atoms with Crippen LogP contribution in [0, 0.1) is 0 Å². The van der Waals surface area contributed by atoms with Gasteiger partial charge in [0.15, 0.2) is 5.82 Å². The smallest absolute Gasteiger partial charge is 0.255 e. The van der Waals surface area contributed by atoms with E-state index in [2.05, 4.69) is 25.7 Å². The Labute approximate surface area is 189 Å². The van der Waals surface area contributed by atoms with Gasteiger partial charge in [0, 0.05) is 17.5 Å². The molecular formula is C24H20N6O3. The number of amides is 1. The van der Waals surface area contributed by atoms with Crippen LogP contribution in [0.15, 0.2) is 84.3 Å². The molecule has 1 amide bonds. The Morgan fingerprint density at radius 3 is 2.39 bits per heavy atom. The van der Waals surface area contributed by atoms with Crippen LogP contribution in [0.2, 0.25) is 0 Å². The zero-order valence-corrected chi connectivity index (χ0v) is 17.6. The number of hydrogen-bond donors (Lipinski definition) is 4. The summed E-state index contributed by atoms with van der Waals surface area (Å²) in [5.41, 5.74) is 3.14. The standard InChI is InChI=1S/C24H20N6O3/c1-14-20(23(33)27-17-3-2-12-25-13-17)21(15-4-8-18(31)9-5-15)30-24(26-14)28-22(29-30)16-6-10-19(32)11-7-16/h2-13,21,31-32H,1H3,(H,27,33)(H,26,28,29). The van der Waals surface area contributed by atoms with Crippen molar-refractivity contribution in [3.8, 4) is 22.9 Å². The molecule has 1 aliphatic heterocycles. The lowest BCUT2D eigenvalue weighted by Crippen LogP contribution is -2.31. The molecule has 4 N–H and O–H groups in total. The molecule has 1 atom stereocenters. The fourth-order valence-electron chi connectivity index (χ4n) is 3.78. The first-order valence-corrected chi connectivity index (χ1v) is 10.2. The van der Waals surface area contributed by atoms with E-state index in [1.54, 1.807) is 77.7 Å². The molecule has 0 bridgehead atoms. The monoisotopic (exact) mass is 440 g/mol. The van der Waals surface area contributed by atoms with Gasteiger partial charge in [0.05, 0.1) is 17.5 Å². The van der Waals surface area contributed by atoms with Crippen LogP contribution in [-0.2, 0) is 4.79 Å². The first kappa shape index (κ1) is 20.3. The van der Waals surface area contributed by atoms with Gasteiger partial charge in [-0.25, -0.2) is 4.68 Å². The molecule has 0 saturated heterocycles. The first-order valence-electron chi connectivity index (χ1n) is 10.2. The minimum Gasteiger partial charge on any atom is -0.508 e. The highest BCUT2D eigenvalue weighted by Gasteiger charge is 2.34. The van der Waals surface area contributed by atoms with Gasteiger partial charge in [-0.15, -0.1) is 5.10 Å². The number of phenols is 2. The topological polar surface area (TPSA) is 125 Å². The third kappa shape index (κ3) is 3.87. The van der Waals surface area contributed by atoms with Crippen LogP contribution in [0.25, 0.3) is 11.4 Å². The Balaban J connectivity index is 1.60. The number of pyridine rings is 1. The molecule has 33 heavy (non-hydrogen) atoms. The number of carbonyl (C=O) groups excluding carboxylic acids is 1. The van der Waals surface area contributed by atoms with E-state index in [1.165, 1.54) is 0 Å².